The Kier molecular flexibility index (Phi) is 5.07. The maximum atomic E-state index is 10.8. The molecule has 0 aromatic heterocycles. The van der Waals surface area contributed by atoms with Crippen LogP contribution in [0.1, 0.15) is 6.42 Å². The van der Waals surface area contributed by atoms with Crippen LogP contribution < -0.4 is 0 Å². The number of rotatable bonds is 6. The third-order valence-electron chi connectivity index (χ3n) is 2.25. The fourth-order valence-corrected chi connectivity index (χ4v) is 1.49. The van der Waals surface area contributed by atoms with E-state index in [2.05, 4.69) is 18.1 Å². The molecule has 4 heteroatoms. The maximum Gasteiger partial charge on any atom is 0.330 e. The summed E-state index contributed by atoms with van der Waals surface area (Å²) in [6.07, 6.45) is 3.89. The van der Waals surface area contributed by atoms with Crippen molar-refractivity contribution in [2.75, 3.05) is 26.3 Å². The average molecular weight is 211 g/mol. The standard InChI is InChI=1S/C11H17NO3/c1-3-5-10-12(6-8-14-10)7-9-15-11(13)4-2/h3-4,10H,1-2,5-9H2. The second-order valence-corrected chi connectivity index (χ2v) is 3.26. The summed E-state index contributed by atoms with van der Waals surface area (Å²) in [6.45, 7) is 9.68. The number of nitrogens with zero attached hydrogens (tertiary/aromatic N) is 1. The van der Waals surface area contributed by atoms with E-state index in [1.807, 2.05) is 6.08 Å². The van der Waals surface area contributed by atoms with Crippen LogP contribution in [0, 0.1) is 0 Å². The monoisotopic (exact) mass is 211 g/mol. The third kappa shape index (κ3) is 3.85. The van der Waals surface area contributed by atoms with Gasteiger partial charge in [0, 0.05) is 25.6 Å². The largest absolute Gasteiger partial charge is 0.461 e. The predicted octanol–water partition coefficient (Wildman–Crippen LogP) is 0.950. The van der Waals surface area contributed by atoms with Gasteiger partial charge in [-0.15, -0.1) is 6.58 Å². The minimum atomic E-state index is -0.379. The molecule has 4 nitrogen and oxygen atoms in total. The lowest BCUT2D eigenvalue weighted by atomic mass is 10.3. The van der Waals surface area contributed by atoms with Crippen LogP contribution >= 0.6 is 0 Å². The quantitative estimate of drug-likeness (QED) is 0.372. The second kappa shape index (κ2) is 6.37. The van der Waals surface area contributed by atoms with Gasteiger partial charge in [0.05, 0.1) is 6.61 Å². The average Bonchev–Trinajstić information content (AvgIpc) is 2.66. The molecule has 1 aliphatic heterocycles. The number of hydrogen-bond acceptors (Lipinski definition) is 4. The van der Waals surface area contributed by atoms with E-state index in [0.717, 1.165) is 19.6 Å². The first-order valence-corrected chi connectivity index (χ1v) is 5.03. The molecule has 0 spiro atoms. The van der Waals surface area contributed by atoms with Crippen molar-refractivity contribution < 1.29 is 14.3 Å². The van der Waals surface area contributed by atoms with Crippen molar-refractivity contribution in [2.24, 2.45) is 0 Å². The molecule has 1 saturated heterocycles. The van der Waals surface area contributed by atoms with Crippen LogP contribution in [0.15, 0.2) is 25.3 Å². The summed E-state index contributed by atoms with van der Waals surface area (Å²) >= 11 is 0. The lowest BCUT2D eigenvalue weighted by molar-refractivity contribution is -0.138. The van der Waals surface area contributed by atoms with Crippen LogP contribution in [0.5, 0.6) is 0 Å². The van der Waals surface area contributed by atoms with Gasteiger partial charge >= 0.3 is 5.97 Å². The van der Waals surface area contributed by atoms with E-state index in [1.54, 1.807) is 0 Å². The molecule has 0 bridgehead atoms. The van der Waals surface area contributed by atoms with Crippen molar-refractivity contribution in [2.45, 2.75) is 12.6 Å². The van der Waals surface area contributed by atoms with Gasteiger partial charge in [-0.2, -0.15) is 0 Å². The van der Waals surface area contributed by atoms with Crippen LogP contribution in [-0.4, -0.2) is 43.4 Å². The number of ether oxygens (including phenoxy) is 2. The Morgan fingerprint density at radius 2 is 2.40 bits per heavy atom. The van der Waals surface area contributed by atoms with E-state index >= 15 is 0 Å². The molecule has 0 saturated carbocycles. The molecule has 0 aromatic rings. The molecule has 1 fully saturated rings. The molecule has 1 unspecified atom stereocenters. The predicted molar refractivity (Wildman–Crippen MR) is 57.3 cm³/mol. The minimum Gasteiger partial charge on any atom is -0.461 e. The fraction of sp³-hybridized carbons (Fsp3) is 0.545. The highest BCUT2D eigenvalue weighted by Gasteiger charge is 2.23. The lowest BCUT2D eigenvalue weighted by Crippen LogP contribution is -2.33. The van der Waals surface area contributed by atoms with Crippen LogP contribution in [-0.2, 0) is 14.3 Å². The highest BCUT2D eigenvalue weighted by Crippen LogP contribution is 2.12. The first kappa shape index (κ1) is 11.9. The van der Waals surface area contributed by atoms with Crippen molar-refractivity contribution in [3.8, 4) is 0 Å². The van der Waals surface area contributed by atoms with E-state index in [1.165, 1.54) is 6.08 Å². The van der Waals surface area contributed by atoms with Gasteiger partial charge in [0.25, 0.3) is 0 Å². The zero-order valence-corrected chi connectivity index (χ0v) is 8.85. The Balaban J connectivity index is 2.22. The Hall–Kier alpha value is -1.13. The van der Waals surface area contributed by atoms with Crippen LogP contribution in [0.4, 0.5) is 0 Å². The first-order valence-electron chi connectivity index (χ1n) is 5.03. The van der Waals surface area contributed by atoms with E-state index in [-0.39, 0.29) is 12.2 Å². The van der Waals surface area contributed by atoms with Gasteiger partial charge in [-0.1, -0.05) is 12.7 Å². The molecular weight excluding hydrogens is 194 g/mol. The second-order valence-electron chi connectivity index (χ2n) is 3.26. The molecular formula is C11H17NO3. The Morgan fingerprint density at radius 3 is 3.07 bits per heavy atom. The van der Waals surface area contributed by atoms with Crippen molar-refractivity contribution in [3.05, 3.63) is 25.3 Å². The molecule has 0 N–H and O–H groups in total. The number of hydrogen-bond donors (Lipinski definition) is 0. The zero-order valence-electron chi connectivity index (χ0n) is 8.85. The summed E-state index contributed by atoms with van der Waals surface area (Å²) in [4.78, 5) is 12.9. The highest BCUT2D eigenvalue weighted by molar-refractivity contribution is 5.81. The number of carbonyl (C=O) groups excluding carboxylic acids is 1. The van der Waals surface area contributed by atoms with Gasteiger partial charge in [0.2, 0.25) is 0 Å². The smallest absolute Gasteiger partial charge is 0.330 e. The maximum absolute atomic E-state index is 10.8. The number of carbonyl (C=O) groups is 1. The van der Waals surface area contributed by atoms with Gasteiger partial charge in [0.15, 0.2) is 0 Å². The Bertz CT molecular complexity index is 240. The van der Waals surface area contributed by atoms with Gasteiger partial charge in [-0.05, 0) is 0 Å². The summed E-state index contributed by atoms with van der Waals surface area (Å²) in [5.74, 6) is -0.379. The Morgan fingerprint density at radius 1 is 1.60 bits per heavy atom. The highest BCUT2D eigenvalue weighted by atomic mass is 16.5. The van der Waals surface area contributed by atoms with E-state index in [0.29, 0.717) is 13.2 Å². The van der Waals surface area contributed by atoms with Crippen molar-refractivity contribution in [3.63, 3.8) is 0 Å². The molecule has 84 valence electrons. The molecule has 0 radical (unpaired) electrons. The summed E-state index contributed by atoms with van der Waals surface area (Å²) in [5.41, 5.74) is 0. The van der Waals surface area contributed by atoms with Crippen molar-refractivity contribution in [1.29, 1.82) is 0 Å². The zero-order chi connectivity index (χ0) is 11.1. The normalized spacial score (nSPS) is 21.2. The van der Waals surface area contributed by atoms with E-state index < -0.39 is 0 Å². The Labute approximate surface area is 90.2 Å². The molecule has 1 heterocycles. The van der Waals surface area contributed by atoms with Crippen molar-refractivity contribution in [1.82, 2.24) is 4.90 Å². The molecule has 1 atom stereocenters. The summed E-state index contributed by atoms with van der Waals surface area (Å²) in [5, 5.41) is 0. The van der Waals surface area contributed by atoms with Crippen molar-refractivity contribution >= 4 is 5.97 Å². The van der Waals surface area contributed by atoms with Crippen LogP contribution in [0.25, 0.3) is 0 Å². The molecule has 15 heavy (non-hydrogen) atoms. The van der Waals surface area contributed by atoms with Crippen LogP contribution in [0.2, 0.25) is 0 Å². The van der Waals surface area contributed by atoms with Gasteiger partial charge in [-0.25, -0.2) is 4.79 Å². The van der Waals surface area contributed by atoms with E-state index in [9.17, 15) is 4.79 Å². The first-order chi connectivity index (χ1) is 7.27. The van der Waals surface area contributed by atoms with Gasteiger partial charge < -0.3 is 9.47 Å². The SMILES string of the molecule is C=CCC1OCCN1CCOC(=O)C=C. The van der Waals surface area contributed by atoms with Gasteiger partial charge in [0.1, 0.15) is 12.8 Å². The molecule has 0 aliphatic carbocycles. The fourth-order valence-electron chi connectivity index (χ4n) is 1.49. The molecule has 1 rings (SSSR count). The summed E-state index contributed by atoms with van der Waals surface area (Å²) in [7, 11) is 0. The summed E-state index contributed by atoms with van der Waals surface area (Å²) in [6, 6.07) is 0. The molecule has 0 aromatic carbocycles. The third-order valence-corrected chi connectivity index (χ3v) is 2.25. The number of esters is 1. The minimum absolute atomic E-state index is 0.0879. The summed E-state index contributed by atoms with van der Waals surface area (Å²) < 4.78 is 10.4. The topological polar surface area (TPSA) is 38.8 Å². The molecule has 0 amide bonds. The van der Waals surface area contributed by atoms with E-state index in [4.69, 9.17) is 9.47 Å². The van der Waals surface area contributed by atoms with Crippen LogP contribution in [0.3, 0.4) is 0 Å². The van der Waals surface area contributed by atoms with Gasteiger partial charge in [-0.3, -0.25) is 4.90 Å². The molecule has 1 aliphatic rings. The lowest BCUT2D eigenvalue weighted by Gasteiger charge is -2.21.